The lowest BCUT2D eigenvalue weighted by Crippen LogP contribution is -2.13. The van der Waals surface area contributed by atoms with Gasteiger partial charge in [0.05, 0.1) is 63.0 Å². The summed E-state index contributed by atoms with van der Waals surface area (Å²) in [5.41, 5.74) is 9.92. The van der Waals surface area contributed by atoms with Crippen LogP contribution in [0.1, 0.15) is 209 Å². The van der Waals surface area contributed by atoms with Gasteiger partial charge in [-0.05, 0) is 63.1 Å². The Morgan fingerprint density at radius 3 is 1.33 bits per heavy atom. The molecule has 0 atom stereocenters. The Balaban J connectivity index is 0.000000417. The fraction of sp³-hybridized carbons (Fsp3) is 0.561. The minimum atomic E-state index is 0.119. The molecule has 0 aromatic carbocycles. The molecule has 8 rings (SSSR count). The van der Waals surface area contributed by atoms with Crippen LogP contribution in [-0.2, 0) is 43.3 Å². The SMILES string of the molecule is CC(C)(C)c1ccco1.CC(C)(C)c1ccoc1.CC(C)(C)c1cnccn1.CC(C)(C)c1cncs1.CC(C)(C)c1cnns1.CC(C)(C)c1cscn1.CC(C)(C)c1csnn1.CC(C)(C)c1nccs1. The molecule has 0 saturated carbocycles. The lowest BCUT2D eigenvalue weighted by Gasteiger charge is -2.15. The molecule has 0 unspecified atom stereocenters. The molecule has 0 spiro atoms. The highest BCUT2D eigenvalue weighted by Crippen LogP contribution is 2.27. The quantitative estimate of drug-likeness (QED) is 0.143. The number of hydrogen-bond donors (Lipinski definition) is 0. The van der Waals surface area contributed by atoms with Gasteiger partial charge < -0.3 is 8.83 Å². The third-order valence-electron chi connectivity index (χ3n) is 9.65. The Kier molecular flexibility index (Phi) is 27.1. The maximum atomic E-state index is 5.20. The Morgan fingerprint density at radius 1 is 0.466 bits per heavy atom. The summed E-state index contributed by atoms with van der Waals surface area (Å²) in [5, 5.41) is 15.0. The summed E-state index contributed by atoms with van der Waals surface area (Å²) in [5.74, 6) is 1.04. The number of furan rings is 2. The summed E-state index contributed by atoms with van der Waals surface area (Å²) in [6, 6.07) is 5.92. The van der Waals surface area contributed by atoms with Crippen LogP contribution in [0.15, 0.2) is 110 Å². The van der Waals surface area contributed by atoms with Crippen molar-refractivity contribution in [1.82, 2.24) is 44.1 Å². The van der Waals surface area contributed by atoms with Crippen molar-refractivity contribution < 1.29 is 8.83 Å². The van der Waals surface area contributed by atoms with E-state index in [0.29, 0.717) is 0 Å². The molecule has 8 aromatic rings. The largest absolute Gasteiger partial charge is 0.472 e. The van der Waals surface area contributed by atoms with Crippen molar-refractivity contribution >= 4 is 57.1 Å². The first-order valence-electron chi connectivity index (χ1n) is 24.4. The Labute approximate surface area is 461 Å². The minimum Gasteiger partial charge on any atom is -0.472 e. The van der Waals surface area contributed by atoms with Crippen molar-refractivity contribution in [2.75, 3.05) is 0 Å². The normalized spacial score (nSPS) is 11.8. The van der Waals surface area contributed by atoms with Crippen LogP contribution in [0.2, 0.25) is 0 Å². The Morgan fingerprint density at radius 2 is 1.10 bits per heavy atom. The van der Waals surface area contributed by atoms with Crippen molar-refractivity contribution in [3.8, 4) is 0 Å². The third kappa shape index (κ3) is 28.8. The van der Waals surface area contributed by atoms with Crippen molar-refractivity contribution in [3.63, 3.8) is 0 Å². The van der Waals surface area contributed by atoms with E-state index in [1.54, 1.807) is 71.4 Å². The van der Waals surface area contributed by atoms with E-state index in [9.17, 15) is 0 Å². The van der Waals surface area contributed by atoms with Gasteiger partial charge in [-0.2, -0.15) is 0 Å². The highest BCUT2D eigenvalue weighted by molar-refractivity contribution is 7.10. The zero-order chi connectivity index (χ0) is 56.0. The summed E-state index contributed by atoms with van der Waals surface area (Å²) in [7, 11) is 0. The summed E-state index contributed by atoms with van der Waals surface area (Å²) in [6.07, 6.45) is 16.0. The van der Waals surface area contributed by atoms with Gasteiger partial charge in [0.2, 0.25) is 0 Å². The van der Waals surface area contributed by atoms with Crippen LogP contribution in [0.4, 0.5) is 0 Å². The molecule has 8 heterocycles. The molecule has 0 fully saturated rings. The lowest BCUT2D eigenvalue weighted by molar-refractivity contribution is 0.409. The van der Waals surface area contributed by atoms with Gasteiger partial charge in [-0.25, -0.2) is 9.97 Å². The van der Waals surface area contributed by atoms with E-state index in [0.717, 1.165) is 17.1 Å². The fourth-order valence-electron chi connectivity index (χ4n) is 4.84. The predicted molar refractivity (Wildman–Crippen MR) is 315 cm³/mol. The molecule has 73 heavy (non-hydrogen) atoms. The molecule has 0 N–H and O–H groups in total. The van der Waals surface area contributed by atoms with Crippen molar-refractivity contribution in [3.05, 3.63) is 144 Å². The van der Waals surface area contributed by atoms with Crippen LogP contribution in [0, 0.1) is 0 Å². The fourth-order valence-corrected chi connectivity index (χ4v) is 8.28. The highest BCUT2D eigenvalue weighted by Gasteiger charge is 2.19. The van der Waals surface area contributed by atoms with Crippen molar-refractivity contribution in [2.45, 2.75) is 209 Å². The van der Waals surface area contributed by atoms with Gasteiger partial charge in [-0.3, -0.25) is 15.0 Å². The van der Waals surface area contributed by atoms with E-state index in [1.807, 2.05) is 58.6 Å². The van der Waals surface area contributed by atoms with Crippen LogP contribution in [-0.4, -0.2) is 44.1 Å². The third-order valence-corrected chi connectivity index (χ3v) is 14.2. The minimum absolute atomic E-state index is 0.119. The van der Waals surface area contributed by atoms with E-state index in [2.05, 4.69) is 216 Å². The first kappa shape index (κ1) is 66.7. The summed E-state index contributed by atoms with van der Waals surface area (Å²) in [6.45, 7) is 51.7. The molecule has 11 nitrogen and oxygen atoms in total. The van der Waals surface area contributed by atoms with E-state index in [1.165, 1.54) is 49.1 Å². The zero-order valence-corrected chi connectivity index (χ0v) is 52.8. The number of hydrogen-bond acceptors (Lipinski definition) is 16. The molecule has 8 aromatic heterocycles. The molecule has 0 aliphatic heterocycles. The number of nitrogens with zero attached hydrogens (tertiary/aromatic N) is 9. The van der Waals surface area contributed by atoms with E-state index >= 15 is 0 Å². The summed E-state index contributed by atoms with van der Waals surface area (Å²) < 4.78 is 17.7. The van der Waals surface area contributed by atoms with Gasteiger partial charge in [0, 0.05) is 79.1 Å². The molecule has 0 aliphatic rings. The Hall–Kier alpha value is -4.35. The standard InChI is InChI=1S/C8H12N2.2C8H12O.3C7H11NS.2C6H10N2S/c1-8(2,3)7-6-9-4-5-10-7;1-8(2,3)7-4-5-9-6-7;1-8(2,3)7-5-4-6-9-7;1-7(2,3)6-4-9-5-8-6;1-7(2,3)6-4-8-5-9-6;1-7(2,3)6-8-4-5-9-6;1-6(2,3)5-4-9-8-7-5;1-6(2,3)5-4-7-8-9-5/h4-6H,1-3H3;2*4-6H,1-3H3;3*4-5H,1-3H3;2*4H,1-3H3. The molecule has 404 valence electrons. The van der Waals surface area contributed by atoms with Crippen LogP contribution in [0.5, 0.6) is 0 Å². The van der Waals surface area contributed by atoms with Crippen LogP contribution >= 0.6 is 57.1 Å². The highest BCUT2D eigenvalue weighted by atomic mass is 32.1. The molecular weight excluding hydrogens is 1000 g/mol. The maximum absolute atomic E-state index is 5.20. The second-order valence-electron chi connectivity index (χ2n) is 25.2. The first-order chi connectivity index (χ1) is 33.3. The topological polar surface area (TPSA) is 142 Å². The van der Waals surface area contributed by atoms with Gasteiger partial charge in [-0.15, -0.1) is 44.2 Å². The van der Waals surface area contributed by atoms with E-state index in [-0.39, 0.29) is 43.3 Å². The molecule has 0 bridgehead atoms. The molecular formula is C57H89N9O2S5. The Bertz CT molecular complexity index is 2050. The van der Waals surface area contributed by atoms with Gasteiger partial charge in [0.1, 0.15) is 5.76 Å². The maximum Gasteiger partial charge on any atom is 0.109 e. The van der Waals surface area contributed by atoms with Crippen LogP contribution in [0.25, 0.3) is 0 Å². The average molecular weight is 1090 g/mol. The molecule has 0 radical (unpaired) electrons. The van der Waals surface area contributed by atoms with Gasteiger partial charge in [-0.1, -0.05) is 175 Å². The van der Waals surface area contributed by atoms with Gasteiger partial charge >= 0.3 is 0 Å². The molecule has 0 aliphatic carbocycles. The van der Waals surface area contributed by atoms with Crippen molar-refractivity contribution in [2.24, 2.45) is 0 Å². The van der Waals surface area contributed by atoms with Gasteiger partial charge in [0.15, 0.2) is 0 Å². The average Bonchev–Trinajstić information content (AvgIpc) is 4.14. The van der Waals surface area contributed by atoms with E-state index < -0.39 is 0 Å². The summed E-state index contributed by atoms with van der Waals surface area (Å²) >= 11 is 7.97. The van der Waals surface area contributed by atoms with E-state index in [4.69, 9.17) is 8.83 Å². The number of rotatable bonds is 0. The van der Waals surface area contributed by atoms with Crippen molar-refractivity contribution in [1.29, 1.82) is 0 Å². The second kappa shape index (κ2) is 29.7. The predicted octanol–water partition coefficient (Wildman–Crippen LogP) is 17.9. The molecule has 16 heteroatoms. The molecule has 0 saturated heterocycles. The number of thiazole rings is 3. The smallest absolute Gasteiger partial charge is 0.109 e. The monoisotopic (exact) mass is 1090 g/mol. The number of aromatic nitrogens is 9. The summed E-state index contributed by atoms with van der Waals surface area (Å²) in [4.78, 5) is 23.2. The van der Waals surface area contributed by atoms with Crippen LogP contribution < -0.4 is 0 Å². The van der Waals surface area contributed by atoms with Gasteiger partial charge in [0.25, 0.3) is 0 Å². The zero-order valence-electron chi connectivity index (χ0n) is 48.7. The molecule has 0 amide bonds. The second-order valence-corrected chi connectivity index (χ2v) is 29.1. The lowest BCUT2D eigenvalue weighted by atomic mass is 9.89. The van der Waals surface area contributed by atoms with Crippen LogP contribution in [0.3, 0.4) is 0 Å². The first-order valence-corrected chi connectivity index (χ1v) is 28.7.